The maximum Gasteiger partial charge on any atom is 0.171 e. The Morgan fingerprint density at radius 3 is 2.43 bits per heavy atom. The van der Waals surface area contributed by atoms with E-state index in [0.717, 1.165) is 5.69 Å². The molecule has 0 bridgehead atoms. The second-order valence-electron chi connectivity index (χ2n) is 5.19. The van der Waals surface area contributed by atoms with Crippen LogP contribution in [0.4, 0.5) is 10.1 Å². The Bertz CT molecular complexity index is 638. The number of hydrogen-bond acceptors (Lipinski definition) is 1. The summed E-state index contributed by atoms with van der Waals surface area (Å²) in [6.07, 6.45) is 0. The van der Waals surface area contributed by atoms with E-state index in [1.54, 1.807) is 12.1 Å². The fourth-order valence-corrected chi connectivity index (χ4v) is 2.50. The molecule has 110 valence electrons. The van der Waals surface area contributed by atoms with Crippen LogP contribution < -0.4 is 10.6 Å². The molecular formula is C17H19FN2S. The van der Waals surface area contributed by atoms with Gasteiger partial charge >= 0.3 is 0 Å². The highest BCUT2D eigenvalue weighted by atomic mass is 32.1. The minimum absolute atomic E-state index is 0.102. The molecule has 0 aliphatic carbocycles. The zero-order chi connectivity index (χ0) is 15.4. The van der Waals surface area contributed by atoms with Crippen molar-refractivity contribution in [2.45, 2.75) is 26.8 Å². The summed E-state index contributed by atoms with van der Waals surface area (Å²) in [5.41, 5.74) is 4.44. The van der Waals surface area contributed by atoms with Crippen LogP contribution in [0.15, 0.2) is 42.5 Å². The number of anilines is 1. The maximum atomic E-state index is 12.9. The third-order valence-corrected chi connectivity index (χ3v) is 3.57. The van der Waals surface area contributed by atoms with Crippen LogP contribution in [0, 0.1) is 19.7 Å². The molecule has 2 aromatic carbocycles. The molecule has 2 rings (SSSR count). The topological polar surface area (TPSA) is 24.1 Å². The van der Waals surface area contributed by atoms with E-state index in [4.69, 9.17) is 12.2 Å². The van der Waals surface area contributed by atoms with Crippen molar-refractivity contribution in [2.75, 3.05) is 5.32 Å². The van der Waals surface area contributed by atoms with E-state index >= 15 is 0 Å². The SMILES string of the molecule is Cc1ccc(C)c([C@@H](C)NC(=S)Nc2ccc(F)cc2)c1. The lowest BCUT2D eigenvalue weighted by molar-refractivity contribution is 0.628. The first-order chi connectivity index (χ1) is 9.95. The number of rotatable bonds is 3. The fourth-order valence-electron chi connectivity index (χ4n) is 2.20. The summed E-state index contributed by atoms with van der Waals surface area (Å²) in [5, 5.41) is 6.83. The number of aryl methyl sites for hydroxylation is 2. The van der Waals surface area contributed by atoms with Gasteiger partial charge in [-0.2, -0.15) is 0 Å². The lowest BCUT2D eigenvalue weighted by Crippen LogP contribution is -2.31. The molecule has 21 heavy (non-hydrogen) atoms. The van der Waals surface area contributed by atoms with Gasteiger partial charge in [-0.15, -0.1) is 0 Å². The Hall–Kier alpha value is -1.94. The maximum absolute atomic E-state index is 12.9. The predicted molar refractivity (Wildman–Crippen MR) is 90.1 cm³/mol. The molecule has 0 fully saturated rings. The van der Waals surface area contributed by atoms with Crippen LogP contribution >= 0.6 is 12.2 Å². The average Bonchev–Trinajstić information content (AvgIpc) is 2.44. The van der Waals surface area contributed by atoms with Crippen LogP contribution in [0.1, 0.15) is 29.7 Å². The first kappa shape index (κ1) is 15.4. The van der Waals surface area contributed by atoms with Crippen molar-refractivity contribution in [3.05, 3.63) is 65.0 Å². The second-order valence-corrected chi connectivity index (χ2v) is 5.60. The smallest absolute Gasteiger partial charge is 0.171 e. The van der Waals surface area contributed by atoms with Crippen molar-refractivity contribution < 1.29 is 4.39 Å². The van der Waals surface area contributed by atoms with Crippen molar-refractivity contribution in [1.29, 1.82) is 0 Å². The van der Waals surface area contributed by atoms with Gasteiger partial charge in [0.25, 0.3) is 0 Å². The molecule has 0 radical (unpaired) electrons. The average molecular weight is 302 g/mol. The zero-order valence-electron chi connectivity index (χ0n) is 12.4. The van der Waals surface area contributed by atoms with Gasteiger partial charge in [0, 0.05) is 5.69 Å². The summed E-state index contributed by atoms with van der Waals surface area (Å²) in [7, 11) is 0. The molecule has 0 amide bonds. The number of halogens is 1. The van der Waals surface area contributed by atoms with Gasteiger partial charge in [-0.05, 0) is 68.4 Å². The van der Waals surface area contributed by atoms with E-state index in [9.17, 15) is 4.39 Å². The van der Waals surface area contributed by atoms with E-state index in [1.165, 1.54) is 28.8 Å². The molecule has 0 aliphatic rings. The summed E-state index contributed by atoms with van der Waals surface area (Å²) in [6, 6.07) is 12.6. The molecule has 0 aliphatic heterocycles. The number of thiocarbonyl (C=S) groups is 1. The van der Waals surface area contributed by atoms with Crippen LogP contribution in [-0.2, 0) is 0 Å². The third kappa shape index (κ3) is 4.26. The molecule has 2 nitrogen and oxygen atoms in total. The van der Waals surface area contributed by atoms with E-state index in [2.05, 4.69) is 49.6 Å². The molecule has 1 atom stereocenters. The van der Waals surface area contributed by atoms with Crippen LogP contribution in [0.2, 0.25) is 0 Å². The molecule has 4 heteroatoms. The Labute approximate surface area is 130 Å². The van der Waals surface area contributed by atoms with Gasteiger partial charge in [0.2, 0.25) is 0 Å². The van der Waals surface area contributed by atoms with Crippen LogP contribution in [0.3, 0.4) is 0 Å². The number of benzene rings is 2. The van der Waals surface area contributed by atoms with Gasteiger partial charge in [0.15, 0.2) is 5.11 Å². The molecule has 0 spiro atoms. The molecule has 0 aromatic heterocycles. The van der Waals surface area contributed by atoms with Crippen LogP contribution in [-0.4, -0.2) is 5.11 Å². The molecule has 2 N–H and O–H groups in total. The Morgan fingerprint density at radius 2 is 1.76 bits per heavy atom. The lowest BCUT2D eigenvalue weighted by Gasteiger charge is -2.19. The Balaban J connectivity index is 2.01. The lowest BCUT2D eigenvalue weighted by atomic mass is 10.0. The zero-order valence-corrected chi connectivity index (χ0v) is 13.2. The van der Waals surface area contributed by atoms with Gasteiger partial charge in [-0.25, -0.2) is 4.39 Å². The predicted octanol–water partition coefficient (Wildman–Crippen LogP) is 4.49. The van der Waals surface area contributed by atoms with Crippen LogP contribution in [0.5, 0.6) is 0 Å². The summed E-state index contributed by atoms with van der Waals surface area (Å²) in [5.74, 6) is -0.261. The first-order valence-corrected chi connectivity index (χ1v) is 7.27. The summed E-state index contributed by atoms with van der Waals surface area (Å²) < 4.78 is 12.9. The van der Waals surface area contributed by atoms with Crippen molar-refractivity contribution in [2.24, 2.45) is 0 Å². The molecular weight excluding hydrogens is 283 g/mol. The normalized spacial score (nSPS) is 11.8. The second kappa shape index (κ2) is 6.68. The highest BCUT2D eigenvalue weighted by Crippen LogP contribution is 2.19. The van der Waals surface area contributed by atoms with Crippen molar-refractivity contribution in [3.8, 4) is 0 Å². The first-order valence-electron chi connectivity index (χ1n) is 6.86. The van der Waals surface area contributed by atoms with Gasteiger partial charge in [-0.3, -0.25) is 0 Å². The Kier molecular flexibility index (Phi) is 4.91. The largest absolute Gasteiger partial charge is 0.356 e. The van der Waals surface area contributed by atoms with Crippen molar-refractivity contribution in [3.63, 3.8) is 0 Å². The van der Waals surface area contributed by atoms with Gasteiger partial charge in [0.1, 0.15) is 5.82 Å². The van der Waals surface area contributed by atoms with E-state index in [0.29, 0.717) is 5.11 Å². The van der Waals surface area contributed by atoms with E-state index in [1.807, 2.05) is 0 Å². The number of hydrogen-bond donors (Lipinski definition) is 2. The van der Waals surface area contributed by atoms with Gasteiger partial charge in [-0.1, -0.05) is 23.8 Å². The van der Waals surface area contributed by atoms with Crippen molar-refractivity contribution in [1.82, 2.24) is 5.32 Å². The highest BCUT2D eigenvalue weighted by Gasteiger charge is 2.10. The van der Waals surface area contributed by atoms with Crippen LogP contribution in [0.25, 0.3) is 0 Å². The van der Waals surface area contributed by atoms with Gasteiger partial charge in [0.05, 0.1) is 6.04 Å². The molecule has 0 saturated heterocycles. The molecule has 0 saturated carbocycles. The van der Waals surface area contributed by atoms with E-state index in [-0.39, 0.29) is 11.9 Å². The Morgan fingerprint density at radius 1 is 1.10 bits per heavy atom. The van der Waals surface area contributed by atoms with E-state index < -0.39 is 0 Å². The van der Waals surface area contributed by atoms with Gasteiger partial charge < -0.3 is 10.6 Å². The minimum atomic E-state index is -0.261. The summed E-state index contributed by atoms with van der Waals surface area (Å²) in [6.45, 7) is 6.23. The standard InChI is InChI=1S/C17H19FN2S/c1-11-4-5-12(2)16(10-11)13(3)19-17(21)20-15-8-6-14(18)7-9-15/h4-10,13H,1-3H3,(H2,19,20,21)/t13-/m1/s1. The number of nitrogens with one attached hydrogen (secondary N) is 2. The summed E-state index contributed by atoms with van der Waals surface area (Å²) >= 11 is 5.31. The molecule has 0 unspecified atom stereocenters. The fraction of sp³-hybridized carbons (Fsp3) is 0.235. The highest BCUT2D eigenvalue weighted by molar-refractivity contribution is 7.80. The summed E-state index contributed by atoms with van der Waals surface area (Å²) in [4.78, 5) is 0. The third-order valence-electron chi connectivity index (χ3n) is 3.35. The minimum Gasteiger partial charge on any atom is -0.356 e. The molecule has 2 aromatic rings. The quantitative estimate of drug-likeness (QED) is 0.817. The monoisotopic (exact) mass is 302 g/mol. The van der Waals surface area contributed by atoms with Crippen molar-refractivity contribution >= 4 is 23.0 Å². The molecule has 0 heterocycles.